The third-order valence-electron chi connectivity index (χ3n) is 2.48. The van der Waals surface area contributed by atoms with Gasteiger partial charge in [-0.05, 0) is 39.7 Å². The monoisotopic (exact) mass is 365 g/mol. The van der Waals surface area contributed by atoms with Gasteiger partial charge in [0.05, 0.1) is 11.1 Å². The number of benzene rings is 1. The molecule has 0 spiro atoms. The number of aliphatic hydroxyl groups is 1. The Labute approximate surface area is 125 Å². The van der Waals surface area contributed by atoms with Gasteiger partial charge in [0.15, 0.2) is 11.6 Å². The molecule has 1 aromatic carbocycles. The number of pyridine rings is 1. The number of alkyl halides is 3. The quantitative estimate of drug-likeness (QED) is 0.825. The lowest BCUT2D eigenvalue weighted by atomic mass is 10.2. The molecule has 0 radical (unpaired) electrons. The summed E-state index contributed by atoms with van der Waals surface area (Å²) in [5.41, 5.74) is -0.832. The molecule has 8 heteroatoms. The number of rotatable bonds is 3. The first kappa shape index (κ1) is 15.7. The van der Waals surface area contributed by atoms with Crippen LogP contribution in [0.4, 0.5) is 17.6 Å². The van der Waals surface area contributed by atoms with E-state index >= 15 is 0 Å². The van der Waals surface area contributed by atoms with Crippen molar-refractivity contribution in [3.63, 3.8) is 0 Å². The van der Waals surface area contributed by atoms with Crippen LogP contribution in [0.2, 0.25) is 0 Å². The second-order valence-corrected chi connectivity index (χ2v) is 4.88. The maximum absolute atomic E-state index is 13.8. The van der Waals surface area contributed by atoms with Gasteiger partial charge in [-0.25, -0.2) is 4.39 Å². The maximum atomic E-state index is 13.8. The highest BCUT2D eigenvalue weighted by Crippen LogP contribution is 2.35. The van der Waals surface area contributed by atoms with Gasteiger partial charge >= 0.3 is 6.18 Å². The van der Waals surface area contributed by atoms with Crippen LogP contribution in [0.25, 0.3) is 0 Å². The third kappa shape index (κ3) is 3.70. The zero-order valence-electron chi connectivity index (χ0n) is 10.3. The summed E-state index contributed by atoms with van der Waals surface area (Å²) in [6.45, 7) is -0.372. The molecule has 1 aromatic heterocycles. The number of ether oxygens (including phenoxy) is 1. The summed E-state index contributed by atoms with van der Waals surface area (Å²) in [7, 11) is 0. The number of aromatic nitrogens is 1. The Hall–Kier alpha value is -1.67. The van der Waals surface area contributed by atoms with E-state index < -0.39 is 17.7 Å². The molecule has 1 heterocycles. The van der Waals surface area contributed by atoms with E-state index in [4.69, 9.17) is 9.84 Å². The zero-order valence-corrected chi connectivity index (χ0v) is 11.9. The average Bonchev–Trinajstić information content (AvgIpc) is 2.42. The summed E-state index contributed by atoms with van der Waals surface area (Å²) in [6, 6.07) is 4.29. The van der Waals surface area contributed by atoms with E-state index in [2.05, 4.69) is 20.9 Å². The second kappa shape index (κ2) is 5.98. The lowest BCUT2D eigenvalue weighted by Gasteiger charge is -2.12. The number of aliphatic hydroxyl groups excluding tert-OH is 1. The van der Waals surface area contributed by atoms with Crippen LogP contribution in [0, 0.1) is 5.82 Å². The normalized spacial score (nSPS) is 11.5. The van der Waals surface area contributed by atoms with E-state index in [1.807, 2.05) is 0 Å². The minimum Gasteiger partial charge on any atom is -0.453 e. The maximum Gasteiger partial charge on any atom is 0.433 e. The Kier molecular flexibility index (Phi) is 4.48. The Bertz CT molecular complexity index is 638. The molecule has 0 unspecified atom stereocenters. The van der Waals surface area contributed by atoms with Gasteiger partial charge in [0.25, 0.3) is 0 Å². The summed E-state index contributed by atoms with van der Waals surface area (Å²) in [4.78, 5) is 3.18. The van der Waals surface area contributed by atoms with Crippen LogP contribution < -0.4 is 4.74 Å². The van der Waals surface area contributed by atoms with Crippen molar-refractivity contribution in [3.05, 3.63) is 52.0 Å². The molecule has 0 atom stereocenters. The number of hydrogen-bond donors (Lipinski definition) is 1. The zero-order chi connectivity index (χ0) is 15.6. The Balaban J connectivity index is 2.35. The predicted molar refractivity (Wildman–Crippen MR) is 69.3 cm³/mol. The van der Waals surface area contributed by atoms with E-state index in [0.29, 0.717) is 11.6 Å². The largest absolute Gasteiger partial charge is 0.453 e. The van der Waals surface area contributed by atoms with Crippen LogP contribution in [0.15, 0.2) is 34.9 Å². The lowest BCUT2D eigenvalue weighted by molar-refractivity contribution is -0.141. The van der Waals surface area contributed by atoms with Crippen molar-refractivity contribution in [3.8, 4) is 11.5 Å². The standard InChI is InChI=1S/C13H8BrF4NO2/c14-9-3-7(6-20)4-10(15)12(9)21-8-1-2-19-11(5-8)13(16,17)18/h1-5,20H,6H2. The van der Waals surface area contributed by atoms with Crippen LogP contribution >= 0.6 is 15.9 Å². The summed E-state index contributed by atoms with van der Waals surface area (Å²) < 4.78 is 56.7. The first-order chi connectivity index (χ1) is 9.81. The Morgan fingerprint density at radius 1 is 1.24 bits per heavy atom. The van der Waals surface area contributed by atoms with Gasteiger partial charge in [-0.15, -0.1) is 0 Å². The first-order valence-electron chi connectivity index (χ1n) is 5.61. The van der Waals surface area contributed by atoms with E-state index in [9.17, 15) is 17.6 Å². The SMILES string of the molecule is OCc1cc(F)c(Oc2ccnc(C(F)(F)F)c2)c(Br)c1. The number of halogens is 5. The molecule has 3 nitrogen and oxygen atoms in total. The van der Waals surface area contributed by atoms with Crippen molar-refractivity contribution in [1.29, 1.82) is 0 Å². The third-order valence-corrected chi connectivity index (χ3v) is 3.07. The van der Waals surface area contributed by atoms with E-state index in [0.717, 1.165) is 12.3 Å². The molecule has 112 valence electrons. The Morgan fingerprint density at radius 3 is 2.52 bits per heavy atom. The van der Waals surface area contributed by atoms with Crippen LogP contribution in [-0.2, 0) is 12.8 Å². The van der Waals surface area contributed by atoms with Crippen molar-refractivity contribution >= 4 is 15.9 Å². The smallest absolute Gasteiger partial charge is 0.433 e. The van der Waals surface area contributed by atoms with Crippen molar-refractivity contribution < 1.29 is 27.4 Å². The molecule has 0 amide bonds. The Morgan fingerprint density at radius 2 is 1.95 bits per heavy atom. The predicted octanol–water partition coefficient (Wildman–Crippen LogP) is 4.29. The van der Waals surface area contributed by atoms with Crippen molar-refractivity contribution in [2.24, 2.45) is 0 Å². The fraction of sp³-hybridized carbons (Fsp3) is 0.154. The van der Waals surface area contributed by atoms with E-state index in [-0.39, 0.29) is 22.6 Å². The molecule has 2 aromatic rings. The highest BCUT2D eigenvalue weighted by atomic mass is 79.9. The molecule has 0 aliphatic rings. The molecule has 0 bridgehead atoms. The molecule has 2 rings (SSSR count). The fourth-order valence-corrected chi connectivity index (χ4v) is 2.11. The summed E-state index contributed by atoms with van der Waals surface area (Å²) in [6.07, 6.45) is -3.69. The topological polar surface area (TPSA) is 42.4 Å². The van der Waals surface area contributed by atoms with E-state index in [1.54, 1.807) is 0 Å². The molecule has 0 saturated heterocycles. The van der Waals surface area contributed by atoms with Crippen LogP contribution in [0.5, 0.6) is 11.5 Å². The second-order valence-electron chi connectivity index (χ2n) is 4.02. The van der Waals surface area contributed by atoms with E-state index in [1.165, 1.54) is 12.1 Å². The van der Waals surface area contributed by atoms with Gasteiger partial charge in [0.1, 0.15) is 11.4 Å². The highest BCUT2D eigenvalue weighted by molar-refractivity contribution is 9.10. The van der Waals surface area contributed by atoms with Gasteiger partial charge in [-0.1, -0.05) is 0 Å². The molecular weight excluding hydrogens is 358 g/mol. The molecule has 0 fully saturated rings. The molecule has 0 aliphatic heterocycles. The van der Waals surface area contributed by atoms with Crippen LogP contribution in [0.1, 0.15) is 11.3 Å². The van der Waals surface area contributed by atoms with Gasteiger partial charge in [-0.3, -0.25) is 4.98 Å². The van der Waals surface area contributed by atoms with Crippen molar-refractivity contribution in [2.45, 2.75) is 12.8 Å². The van der Waals surface area contributed by atoms with Crippen LogP contribution in [0.3, 0.4) is 0 Å². The lowest BCUT2D eigenvalue weighted by Crippen LogP contribution is -2.07. The molecule has 0 saturated carbocycles. The molecule has 1 N–H and O–H groups in total. The van der Waals surface area contributed by atoms with Gasteiger partial charge < -0.3 is 9.84 Å². The first-order valence-corrected chi connectivity index (χ1v) is 6.40. The summed E-state index contributed by atoms with van der Waals surface area (Å²) in [5.74, 6) is -1.28. The minimum absolute atomic E-state index is 0.178. The fourth-order valence-electron chi connectivity index (χ4n) is 1.55. The van der Waals surface area contributed by atoms with Crippen molar-refractivity contribution in [2.75, 3.05) is 0 Å². The minimum atomic E-state index is -4.62. The van der Waals surface area contributed by atoms with Gasteiger partial charge in [0.2, 0.25) is 0 Å². The number of nitrogens with zero attached hydrogens (tertiary/aromatic N) is 1. The number of hydrogen-bond acceptors (Lipinski definition) is 3. The molecule has 0 aliphatic carbocycles. The van der Waals surface area contributed by atoms with Gasteiger partial charge in [0, 0.05) is 12.3 Å². The summed E-state index contributed by atoms with van der Waals surface area (Å²) >= 11 is 3.04. The molecular formula is C13H8BrF4NO2. The van der Waals surface area contributed by atoms with Crippen molar-refractivity contribution in [1.82, 2.24) is 4.98 Å². The average molecular weight is 366 g/mol. The molecule has 21 heavy (non-hydrogen) atoms. The highest BCUT2D eigenvalue weighted by Gasteiger charge is 2.32. The summed E-state index contributed by atoms with van der Waals surface area (Å²) in [5, 5.41) is 8.93. The van der Waals surface area contributed by atoms with Crippen LogP contribution in [-0.4, -0.2) is 10.1 Å². The van der Waals surface area contributed by atoms with Gasteiger partial charge in [-0.2, -0.15) is 13.2 Å².